The normalized spacial score (nSPS) is 15.6. The van der Waals surface area contributed by atoms with E-state index in [1.165, 1.54) is 30.4 Å². The number of hydrazone groups is 1. The van der Waals surface area contributed by atoms with Crippen LogP contribution in [0.1, 0.15) is 102 Å². The fourth-order valence-corrected chi connectivity index (χ4v) is 6.01. The number of allylic oxidation sites excluding steroid dienone is 9. The van der Waals surface area contributed by atoms with Crippen LogP contribution in [0.4, 0.5) is 0 Å². The minimum Gasteiger partial charge on any atom is -0.321 e. The Labute approximate surface area is 309 Å². The topological polar surface area (TPSA) is 75.8 Å². The van der Waals surface area contributed by atoms with Crippen LogP contribution in [0.5, 0.6) is 0 Å². The van der Waals surface area contributed by atoms with Gasteiger partial charge in [-0.2, -0.15) is 5.10 Å². The molecule has 2 aromatic rings. The van der Waals surface area contributed by atoms with E-state index in [1.807, 2.05) is 90.1 Å². The van der Waals surface area contributed by atoms with Crippen molar-refractivity contribution in [1.29, 1.82) is 0 Å². The quantitative estimate of drug-likeness (QED) is 0.137. The Morgan fingerprint density at radius 1 is 1.00 bits per heavy atom. The highest BCUT2D eigenvalue weighted by atomic mass is 16.2. The number of ketones is 1. The molecule has 4 rings (SSSR count). The summed E-state index contributed by atoms with van der Waals surface area (Å²) in [6.45, 7) is 20.4. The van der Waals surface area contributed by atoms with E-state index in [-0.39, 0.29) is 23.7 Å². The van der Waals surface area contributed by atoms with E-state index in [0.717, 1.165) is 52.8 Å². The Hall–Kier alpha value is -4.35. The average molecular weight is 690 g/mol. The first-order valence-corrected chi connectivity index (χ1v) is 18.8. The van der Waals surface area contributed by atoms with Crippen LogP contribution in [0.15, 0.2) is 126 Å². The number of nitrogens with zero attached hydrogens (tertiary/aromatic N) is 2. The van der Waals surface area contributed by atoms with Crippen molar-refractivity contribution < 1.29 is 9.59 Å². The van der Waals surface area contributed by atoms with Gasteiger partial charge in [-0.1, -0.05) is 156 Å². The van der Waals surface area contributed by atoms with Crippen molar-refractivity contribution in [2.24, 2.45) is 22.7 Å². The summed E-state index contributed by atoms with van der Waals surface area (Å²) in [6.07, 6.45) is 23.7. The molecule has 0 saturated heterocycles. The summed E-state index contributed by atoms with van der Waals surface area (Å²) >= 11 is 0. The molecular weight excluding hydrogens is 627 g/mol. The van der Waals surface area contributed by atoms with Gasteiger partial charge in [0.05, 0.1) is 18.3 Å². The van der Waals surface area contributed by atoms with Crippen LogP contribution in [0.2, 0.25) is 0 Å². The fourth-order valence-electron chi connectivity index (χ4n) is 6.01. The summed E-state index contributed by atoms with van der Waals surface area (Å²) in [5, 5.41) is 6.72. The van der Waals surface area contributed by atoms with Crippen LogP contribution >= 0.6 is 0 Å². The molecular formula is C46H63N3O2. The van der Waals surface area contributed by atoms with Crippen LogP contribution in [0, 0.1) is 25.7 Å². The van der Waals surface area contributed by atoms with Crippen molar-refractivity contribution in [2.75, 3.05) is 6.54 Å². The summed E-state index contributed by atoms with van der Waals surface area (Å²) < 4.78 is 0. The van der Waals surface area contributed by atoms with E-state index in [2.05, 4.69) is 62.1 Å². The number of hydrogen-bond donors (Lipinski definition) is 1. The maximum absolute atomic E-state index is 12.8. The van der Waals surface area contributed by atoms with E-state index in [1.54, 1.807) is 11.9 Å². The molecule has 2 N–H and O–H groups in total. The molecule has 1 unspecified atom stereocenters. The van der Waals surface area contributed by atoms with E-state index in [9.17, 15) is 9.59 Å². The zero-order valence-corrected chi connectivity index (χ0v) is 32.6. The lowest BCUT2D eigenvalue weighted by Crippen LogP contribution is -2.36. The number of Topliss-reactive ketones (excluding diaryl/α,β-unsaturated/α-hetero) is 1. The largest absolute Gasteiger partial charge is 0.321 e. The molecule has 0 aliphatic heterocycles. The van der Waals surface area contributed by atoms with Gasteiger partial charge in [-0.05, 0) is 73.8 Å². The highest BCUT2D eigenvalue weighted by Crippen LogP contribution is 2.30. The van der Waals surface area contributed by atoms with E-state index < -0.39 is 0 Å². The average Bonchev–Trinajstić information content (AvgIpc) is 3.38. The van der Waals surface area contributed by atoms with E-state index in [0.29, 0.717) is 18.9 Å². The van der Waals surface area contributed by atoms with Gasteiger partial charge in [0.2, 0.25) is 5.91 Å². The van der Waals surface area contributed by atoms with Crippen molar-refractivity contribution >= 4 is 17.4 Å². The minimum atomic E-state index is -0.341. The lowest BCUT2D eigenvalue weighted by Gasteiger charge is -2.27. The summed E-state index contributed by atoms with van der Waals surface area (Å²) in [7, 11) is 0. The molecule has 0 spiro atoms. The Morgan fingerprint density at radius 2 is 1.67 bits per heavy atom. The van der Waals surface area contributed by atoms with Crippen LogP contribution in [-0.4, -0.2) is 35.0 Å². The second-order valence-electron chi connectivity index (χ2n) is 13.5. The van der Waals surface area contributed by atoms with Gasteiger partial charge in [0.15, 0.2) is 5.78 Å². The molecule has 0 radical (unpaired) electrons. The van der Waals surface area contributed by atoms with Gasteiger partial charge in [-0.15, -0.1) is 0 Å². The van der Waals surface area contributed by atoms with E-state index in [4.69, 9.17) is 10.8 Å². The molecule has 274 valence electrons. The van der Waals surface area contributed by atoms with Gasteiger partial charge < -0.3 is 5.73 Å². The zero-order valence-electron chi connectivity index (χ0n) is 32.6. The number of carbonyl (C=O) groups excluding carboxylic acids is 2. The van der Waals surface area contributed by atoms with Crippen molar-refractivity contribution in [3.8, 4) is 0 Å². The molecule has 2 aliphatic rings. The van der Waals surface area contributed by atoms with Gasteiger partial charge in [0.1, 0.15) is 0 Å². The third-order valence-electron chi connectivity index (χ3n) is 9.10. The van der Waals surface area contributed by atoms with Crippen LogP contribution in [-0.2, 0) is 16.0 Å². The molecule has 2 aliphatic carbocycles. The van der Waals surface area contributed by atoms with Crippen LogP contribution < -0.4 is 5.73 Å². The molecule has 1 fully saturated rings. The molecule has 0 heterocycles. The monoisotopic (exact) mass is 689 g/mol. The number of nitrogens with two attached hydrogens (primary N) is 1. The van der Waals surface area contributed by atoms with Gasteiger partial charge in [-0.3, -0.25) is 9.59 Å². The SMILES string of the molecule is C=C(/C=C\C=C/C)C1=CCC=CC=C1CN(/N=C(\c1ccccc1C)C1CCCCC1)C(C)=O.CC.Cc1ccc(CC(=O)C(N)C(C)C)cc1. The van der Waals surface area contributed by atoms with Gasteiger partial charge in [-0.25, -0.2) is 5.01 Å². The van der Waals surface area contributed by atoms with Gasteiger partial charge in [0.25, 0.3) is 0 Å². The summed E-state index contributed by atoms with van der Waals surface area (Å²) in [4.78, 5) is 24.5. The van der Waals surface area contributed by atoms with Gasteiger partial charge >= 0.3 is 0 Å². The predicted molar refractivity (Wildman–Crippen MR) is 219 cm³/mol. The Bertz CT molecular complexity index is 1590. The Morgan fingerprint density at radius 3 is 2.27 bits per heavy atom. The first kappa shape index (κ1) is 42.8. The number of amides is 1. The lowest BCUT2D eigenvalue weighted by molar-refractivity contribution is -0.128. The molecule has 2 aromatic carbocycles. The van der Waals surface area contributed by atoms with Gasteiger partial charge in [0, 0.05) is 24.8 Å². The second-order valence-corrected chi connectivity index (χ2v) is 13.5. The van der Waals surface area contributed by atoms with Crippen molar-refractivity contribution in [3.05, 3.63) is 143 Å². The third-order valence-corrected chi connectivity index (χ3v) is 9.10. The van der Waals surface area contributed by atoms with Crippen LogP contribution in [0.3, 0.4) is 0 Å². The Kier molecular flexibility index (Phi) is 19.5. The predicted octanol–water partition coefficient (Wildman–Crippen LogP) is 10.7. The molecule has 1 atom stereocenters. The number of carbonyl (C=O) groups is 2. The fraction of sp³-hybridized carbons (Fsp3) is 0.413. The standard InChI is InChI=1S/C31H38N2O.C13H19NO.C2H6/c1-5-6-9-16-24(2)29-21-13-8-12-20-28(29)23-33(26(4)34)32-31(27-18-10-7-11-19-27)30-22-15-14-17-25(30)3;1-9(2)13(14)12(15)8-11-6-4-10(3)5-7-11;1-2/h5-6,8-9,12,14-17,20-22,27H,2,7,10-11,13,18-19,23H2,1,3-4H3;4-7,9,13H,8,14H2,1-3H3;1-2H3/b6-5-,16-9-,32-31-;;. The number of aryl methyl sites for hydroxylation is 2. The second kappa shape index (κ2) is 23.2. The van der Waals surface area contributed by atoms with Crippen molar-refractivity contribution in [1.82, 2.24) is 5.01 Å². The smallest absolute Gasteiger partial charge is 0.239 e. The number of hydrogen-bond acceptors (Lipinski definition) is 4. The molecule has 0 bridgehead atoms. The highest BCUT2D eigenvalue weighted by molar-refractivity contribution is 6.03. The minimum absolute atomic E-state index is 0.0505. The number of benzene rings is 2. The first-order valence-electron chi connectivity index (χ1n) is 18.8. The lowest BCUT2D eigenvalue weighted by atomic mass is 9.82. The first-order chi connectivity index (χ1) is 24.5. The van der Waals surface area contributed by atoms with Crippen molar-refractivity contribution in [2.45, 2.75) is 106 Å². The Balaban J connectivity index is 0.000000443. The molecule has 5 heteroatoms. The molecule has 1 amide bonds. The number of rotatable bonds is 12. The summed E-state index contributed by atoms with van der Waals surface area (Å²) in [5.41, 5.74) is 14.5. The molecule has 51 heavy (non-hydrogen) atoms. The molecule has 1 saturated carbocycles. The molecule has 5 nitrogen and oxygen atoms in total. The molecule has 0 aromatic heterocycles. The zero-order chi connectivity index (χ0) is 37.8. The highest BCUT2D eigenvalue weighted by Gasteiger charge is 2.24. The van der Waals surface area contributed by atoms with E-state index >= 15 is 0 Å². The maximum Gasteiger partial charge on any atom is 0.239 e. The van der Waals surface area contributed by atoms with Crippen molar-refractivity contribution in [3.63, 3.8) is 0 Å². The third kappa shape index (κ3) is 14.4. The van der Waals surface area contributed by atoms with Crippen LogP contribution in [0.25, 0.3) is 0 Å². The summed E-state index contributed by atoms with van der Waals surface area (Å²) in [6, 6.07) is 16.1. The maximum atomic E-state index is 12.8. The summed E-state index contributed by atoms with van der Waals surface area (Å²) in [5.74, 6) is 0.663.